The topological polar surface area (TPSA) is 90.4 Å². The van der Waals surface area contributed by atoms with E-state index in [2.05, 4.69) is 20.1 Å². The fourth-order valence-electron chi connectivity index (χ4n) is 7.19. The average Bonchev–Trinajstić information content (AvgIpc) is 3.52. The SMILES string of the molecule is C=CCN(C(=O)[C@@H]1[C@H]2C(=O)N([C@@H](CC)CO)C(C(=O)N(CC=C)C(C)C)C23CC[C@@]1(C)S3)c1ccc(OCC)cc1. The molecular weight excluding hydrogens is 538 g/mol. The predicted molar refractivity (Wildman–Crippen MR) is 164 cm³/mol. The van der Waals surface area contributed by atoms with Crippen molar-refractivity contribution in [2.45, 2.75) is 81.5 Å². The van der Waals surface area contributed by atoms with Crippen molar-refractivity contribution in [3.63, 3.8) is 0 Å². The molecule has 0 radical (unpaired) electrons. The van der Waals surface area contributed by atoms with E-state index in [-0.39, 0.29) is 30.4 Å². The van der Waals surface area contributed by atoms with Gasteiger partial charge in [-0.3, -0.25) is 14.4 Å². The van der Waals surface area contributed by atoms with Gasteiger partial charge in [-0.1, -0.05) is 19.1 Å². The molecule has 2 bridgehead atoms. The highest BCUT2D eigenvalue weighted by Crippen LogP contribution is 2.72. The first-order valence-corrected chi connectivity index (χ1v) is 15.6. The molecule has 3 heterocycles. The number of thioether (sulfide) groups is 1. The number of likely N-dealkylation sites (tertiary alicyclic amines) is 1. The van der Waals surface area contributed by atoms with E-state index in [0.29, 0.717) is 38.2 Å². The van der Waals surface area contributed by atoms with E-state index in [0.717, 1.165) is 12.2 Å². The number of nitrogens with zero attached hydrogens (tertiary/aromatic N) is 3. The Hall–Kier alpha value is -2.78. The van der Waals surface area contributed by atoms with Crippen LogP contribution in [0.4, 0.5) is 5.69 Å². The molecule has 1 spiro atoms. The summed E-state index contributed by atoms with van der Waals surface area (Å²) in [5, 5.41) is 10.3. The smallest absolute Gasteiger partial charge is 0.247 e. The number of hydrogen-bond donors (Lipinski definition) is 1. The van der Waals surface area contributed by atoms with Gasteiger partial charge < -0.3 is 24.5 Å². The minimum atomic E-state index is -0.762. The monoisotopic (exact) mass is 583 g/mol. The van der Waals surface area contributed by atoms with Gasteiger partial charge in [0.1, 0.15) is 11.8 Å². The highest BCUT2D eigenvalue weighted by Gasteiger charge is 2.78. The van der Waals surface area contributed by atoms with E-state index >= 15 is 0 Å². The van der Waals surface area contributed by atoms with Crippen molar-refractivity contribution in [1.82, 2.24) is 9.80 Å². The molecular formula is C32H45N3O5S. The van der Waals surface area contributed by atoms with Gasteiger partial charge in [-0.05, 0) is 71.2 Å². The number of ether oxygens (including phenoxy) is 1. The van der Waals surface area contributed by atoms with Gasteiger partial charge in [-0.15, -0.1) is 24.9 Å². The number of benzene rings is 1. The zero-order valence-electron chi connectivity index (χ0n) is 25.0. The average molecular weight is 584 g/mol. The first-order chi connectivity index (χ1) is 19.5. The first kappa shape index (κ1) is 31.2. The molecule has 6 atom stereocenters. The summed E-state index contributed by atoms with van der Waals surface area (Å²) in [6, 6.07) is 6.02. The van der Waals surface area contributed by atoms with Crippen LogP contribution in [0.5, 0.6) is 5.75 Å². The van der Waals surface area contributed by atoms with Crippen LogP contribution >= 0.6 is 11.8 Å². The summed E-state index contributed by atoms with van der Waals surface area (Å²) >= 11 is 1.65. The van der Waals surface area contributed by atoms with Crippen LogP contribution in [-0.2, 0) is 14.4 Å². The second kappa shape index (κ2) is 12.2. The van der Waals surface area contributed by atoms with Crippen molar-refractivity contribution in [2.75, 3.05) is 31.2 Å². The van der Waals surface area contributed by atoms with Crippen LogP contribution in [0.1, 0.15) is 53.9 Å². The lowest BCUT2D eigenvalue weighted by Crippen LogP contribution is -2.58. The molecule has 0 saturated carbocycles. The quantitative estimate of drug-likeness (QED) is 0.349. The molecule has 3 aliphatic heterocycles. The van der Waals surface area contributed by atoms with Gasteiger partial charge in [0, 0.05) is 29.6 Å². The van der Waals surface area contributed by atoms with Crippen LogP contribution in [0, 0.1) is 11.8 Å². The van der Waals surface area contributed by atoms with Crippen LogP contribution in [0.25, 0.3) is 0 Å². The molecule has 0 aromatic heterocycles. The lowest BCUT2D eigenvalue weighted by atomic mass is 9.66. The summed E-state index contributed by atoms with van der Waals surface area (Å²) in [4.78, 5) is 48.5. The number of carbonyl (C=O) groups is 3. The van der Waals surface area contributed by atoms with Gasteiger partial charge in [-0.25, -0.2) is 0 Å². The van der Waals surface area contributed by atoms with Gasteiger partial charge in [0.25, 0.3) is 0 Å². The zero-order chi connectivity index (χ0) is 30.1. The number of fused-ring (bicyclic) bond motifs is 1. The summed E-state index contributed by atoms with van der Waals surface area (Å²) in [5.41, 5.74) is 0.706. The van der Waals surface area contributed by atoms with E-state index < -0.39 is 33.4 Å². The maximum Gasteiger partial charge on any atom is 0.247 e. The van der Waals surface area contributed by atoms with E-state index in [1.54, 1.807) is 38.6 Å². The molecule has 0 aliphatic carbocycles. The third-order valence-electron chi connectivity index (χ3n) is 9.06. The van der Waals surface area contributed by atoms with Gasteiger partial charge in [-0.2, -0.15) is 0 Å². The predicted octanol–water partition coefficient (Wildman–Crippen LogP) is 4.28. The second-order valence-corrected chi connectivity index (χ2v) is 13.7. The zero-order valence-corrected chi connectivity index (χ0v) is 25.9. The normalized spacial score (nSPS) is 28.9. The number of aliphatic hydroxyl groups is 1. The fourth-order valence-corrected chi connectivity index (χ4v) is 9.52. The lowest BCUT2D eigenvalue weighted by Gasteiger charge is -2.40. The maximum atomic E-state index is 14.6. The largest absolute Gasteiger partial charge is 0.494 e. The Labute approximate surface area is 248 Å². The molecule has 41 heavy (non-hydrogen) atoms. The van der Waals surface area contributed by atoms with Crippen molar-refractivity contribution < 1.29 is 24.2 Å². The van der Waals surface area contributed by atoms with Gasteiger partial charge >= 0.3 is 0 Å². The molecule has 3 aliphatic rings. The second-order valence-electron chi connectivity index (χ2n) is 11.8. The molecule has 224 valence electrons. The van der Waals surface area contributed by atoms with Crippen LogP contribution in [0.15, 0.2) is 49.6 Å². The van der Waals surface area contributed by atoms with Crippen LogP contribution in [0.2, 0.25) is 0 Å². The van der Waals surface area contributed by atoms with Crippen molar-refractivity contribution in [1.29, 1.82) is 0 Å². The number of aliphatic hydroxyl groups excluding tert-OH is 1. The molecule has 3 saturated heterocycles. The van der Waals surface area contributed by atoms with Gasteiger partial charge in [0.15, 0.2) is 0 Å². The summed E-state index contributed by atoms with van der Waals surface area (Å²) in [6.45, 7) is 18.5. The highest BCUT2D eigenvalue weighted by molar-refractivity contribution is 8.02. The van der Waals surface area contributed by atoms with E-state index in [1.165, 1.54) is 0 Å². The molecule has 8 nitrogen and oxygen atoms in total. The molecule has 4 rings (SSSR count). The van der Waals surface area contributed by atoms with Crippen molar-refractivity contribution >= 4 is 35.2 Å². The standard InChI is InChI=1S/C32H45N3O5S/c1-8-18-33(21(5)6)30(39)27-32-17-16-31(7,41-32)25(26(32)29(38)35(27)22(10-3)20-36)28(37)34(19-9-2)23-12-14-24(15-13-23)40-11-4/h8-9,12-15,21-22,25-27,36H,1-2,10-11,16-20H2,3-7H3/t22-,25-,26-,27?,31+,32?/m0/s1. The number of rotatable bonds is 13. The summed E-state index contributed by atoms with van der Waals surface area (Å²) < 4.78 is 4.33. The third kappa shape index (κ3) is 5.09. The Morgan fingerprint density at radius 1 is 1.15 bits per heavy atom. The van der Waals surface area contributed by atoms with Crippen LogP contribution < -0.4 is 9.64 Å². The first-order valence-electron chi connectivity index (χ1n) is 14.7. The molecule has 1 N–H and O–H groups in total. The van der Waals surface area contributed by atoms with Crippen LogP contribution in [-0.4, -0.2) is 86.6 Å². The molecule has 3 amide bonds. The minimum absolute atomic E-state index is 0.0959. The highest BCUT2D eigenvalue weighted by atomic mass is 32.2. The Morgan fingerprint density at radius 2 is 1.80 bits per heavy atom. The summed E-state index contributed by atoms with van der Waals surface area (Å²) in [7, 11) is 0. The van der Waals surface area contributed by atoms with E-state index in [1.807, 2.05) is 52.0 Å². The van der Waals surface area contributed by atoms with Crippen molar-refractivity contribution in [2.24, 2.45) is 11.8 Å². The Morgan fingerprint density at radius 3 is 2.34 bits per heavy atom. The fraction of sp³-hybridized carbons (Fsp3) is 0.594. The maximum absolute atomic E-state index is 14.6. The van der Waals surface area contributed by atoms with Crippen molar-refractivity contribution in [3.8, 4) is 5.75 Å². The summed E-state index contributed by atoms with van der Waals surface area (Å²) in [6.07, 6.45) is 5.28. The van der Waals surface area contributed by atoms with E-state index in [4.69, 9.17) is 4.74 Å². The molecule has 3 fully saturated rings. The number of carbonyl (C=O) groups excluding carboxylic acids is 3. The molecule has 9 heteroatoms. The van der Waals surface area contributed by atoms with Gasteiger partial charge in [0.05, 0.1) is 35.8 Å². The number of anilines is 1. The third-order valence-corrected chi connectivity index (χ3v) is 11.0. The summed E-state index contributed by atoms with van der Waals surface area (Å²) in [5.74, 6) is -1.05. The molecule has 1 aromatic rings. The Kier molecular flexibility index (Phi) is 9.29. The minimum Gasteiger partial charge on any atom is -0.494 e. The van der Waals surface area contributed by atoms with Crippen molar-refractivity contribution in [3.05, 3.63) is 49.6 Å². The van der Waals surface area contributed by atoms with Crippen LogP contribution in [0.3, 0.4) is 0 Å². The Bertz CT molecular complexity index is 1170. The lowest BCUT2D eigenvalue weighted by molar-refractivity contribution is -0.146. The molecule has 1 aromatic carbocycles. The number of hydrogen-bond acceptors (Lipinski definition) is 6. The Balaban J connectivity index is 1.80. The number of amides is 3. The van der Waals surface area contributed by atoms with Gasteiger partial charge in [0.2, 0.25) is 17.7 Å². The van der Waals surface area contributed by atoms with E-state index in [9.17, 15) is 19.5 Å². The molecule has 2 unspecified atom stereocenters.